The van der Waals surface area contributed by atoms with Gasteiger partial charge in [-0.25, -0.2) is 0 Å². The van der Waals surface area contributed by atoms with Gasteiger partial charge in [-0.05, 0) is 92.3 Å². The van der Waals surface area contributed by atoms with Crippen LogP contribution < -0.4 is 0 Å². The van der Waals surface area contributed by atoms with Crippen molar-refractivity contribution in [1.82, 2.24) is 4.90 Å². The van der Waals surface area contributed by atoms with Gasteiger partial charge in [-0.3, -0.25) is 4.90 Å². The molecule has 3 heteroatoms. The molecule has 0 amide bonds. The van der Waals surface area contributed by atoms with Crippen molar-refractivity contribution in [3.63, 3.8) is 0 Å². The van der Waals surface area contributed by atoms with E-state index in [1.54, 1.807) is 0 Å². The van der Waals surface area contributed by atoms with Gasteiger partial charge in [0.2, 0.25) is 0 Å². The Labute approximate surface area is 183 Å². The summed E-state index contributed by atoms with van der Waals surface area (Å²) in [6, 6.07) is 1.46. The molecule has 0 aromatic heterocycles. The fourth-order valence-electron chi connectivity index (χ4n) is 10.3. The Kier molecular flexibility index (Phi) is 4.44. The molecule has 0 spiro atoms. The molecule has 2 aliphatic heterocycles. The van der Waals surface area contributed by atoms with E-state index in [4.69, 9.17) is 0 Å². The summed E-state index contributed by atoms with van der Waals surface area (Å²) in [5, 5.41) is 22.1. The Morgan fingerprint density at radius 2 is 1.80 bits per heavy atom. The number of allylic oxidation sites excluding steroid dienone is 1. The zero-order valence-corrected chi connectivity index (χ0v) is 19.6. The Morgan fingerprint density at radius 1 is 1.00 bits per heavy atom. The predicted octanol–water partition coefficient (Wildman–Crippen LogP) is 4.63. The standard InChI is InChI=1S/C27H43NO2/c1-15-5-8-22-16(2)25-23(28(22)14-15)12-21-19-7-6-17-11-18(29)9-10-26(17,3)20(19)13-24(30)27(21,25)4/h6,15-16,18-25,29-30H,5,7-14H2,1-4H3/t15-,16+,18-,19-,20+,21+,22+,23+,24-,25+,26-,27-/m1/s1. The number of hydrogen-bond acceptors (Lipinski definition) is 3. The molecule has 2 saturated heterocycles. The fourth-order valence-corrected chi connectivity index (χ4v) is 10.3. The smallest absolute Gasteiger partial charge is 0.0603 e. The predicted molar refractivity (Wildman–Crippen MR) is 120 cm³/mol. The SMILES string of the molecule is C[C@@H]1CC[C@H]2[C@H](C)[C@H]3[C@H](C[C@H]4[C@@H]5CC=C6C[C@H](O)CC[C@@]6(C)[C@H]5C[C@@H](O)[C@]34C)N2C1. The highest BCUT2D eigenvalue weighted by atomic mass is 16.3. The Bertz CT molecular complexity index is 749. The van der Waals surface area contributed by atoms with Crippen LogP contribution in [-0.2, 0) is 0 Å². The summed E-state index contributed by atoms with van der Waals surface area (Å²) < 4.78 is 0. The molecule has 0 unspecified atom stereocenters. The lowest BCUT2D eigenvalue weighted by molar-refractivity contribution is -0.135. The molecule has 3 saturated carbocycles. The van der Waals surface area contributed by atoms with E-state index >= 15 is 0 Å². The lowest BCUT2D eigenvalue weighted by Crippen LogP contribution is -2.57. The van der Waals surface area contributed by atoms with Crippen molar-refractivity contribution in [2.24, 2.45) is 46.3 Å². The molecule has 4 aliphatic carbocycles. The minimum atomic E-state index is -0.164. The zero-order valence-electron chi connectivity index (χ0n) is 19.6. The average molecular weight is 414 g/mol. The molecule has 30 heavy (non-hydrogen) atoms. The Hall–Kier alpha value is -0.380. The first-order valence-corrected chi connectivity index (χ1v) is 13.1. The van der Waals surface area contributed by atoms with Crippen LogP contribution in [0.4, 0.5) is 0 Å². The van der Waals surface area contributed by atoms with Gasteiger partial charge >= 0.3 is 0 Å². The van der Waals surface area contributed by atoms with Crippen LogP contribution in [0.25, 0.3) is 0 Å². The van der Waals surface area contributed by atoms with Gasteiger partial charge in [-0.1, -0.05) is 39.3 Å². The van der Waals surface area contributed by atoms with E-state index in [1.165, 1.54) is 37.8 Å². The van der Waals surface area contributed by atoms with Crippen LogP contribution in [0.1, 0.15) is 79.1 Å². The van der Waals surface area contributed by atoms with Gasteiger partial charge in [0.1, 0.15) is 0 Å². The van der Waals surface area contributed by atoms with Gasteiger partial charge in [0.15, 0.2) is 0 Å². The third-order valence-corrected chi connectivity index (χ3v) is 11.8. The number of fused-ring (bicyclic) bond motifs is 9. The molecule has 12 atom stereocenters. The molecule has 0 radical (unpaired) electrons. The first-order valence-electron chi connectivity index (χ1n) is 13.1. The van der Waals surface area contributed by atoms with Gasteiger partial charge in [0.05, 0.1) is 12.2 Å². The lowest BCUT2D eigenvalue weighted by Gasteiger charge is -2.60. The molecule has 5 fully saturated rings. The van der Waals surface area contributed by atoms with E-state index < -0.39 is 0 Å². The van der Waals surface area contributed by atoms with Gasteiger partial charge in [-0.2, -0.15) is 0 Å². The van der Waals surface area contributed by atoms with Crippen molar-refractivity contribution in [3.05, 3.63) is 11.6 Å². The fraction of sp³-hybridized carbons (Fsp3) is 0.926. The van der Waals surface area contributed by atoms with E-state index in [9.17, 15) is 10.2 Å². The summed E-state index contributed by atoms with van der Waals surface area (Å²) in [5.74, 6) is 4.19. The lowest BCUT2D eigenvalue weighted by atomic mass is 9.46. The average Bonchev–Trinajstić information content (AvgIpc) is 3.17. The van der Waals surface area contributed by atoms with Crippen LogP contribution in [0.2, 0.25) is 0 Å². The second-order valence-electron chi connectivity index (χ2n) is 12.9. The zero-order chi connectivity index (χ0) is 21.0. The van der Waals surface area contributed by atoms with Crippen molar-refractivity contribution in [1.29, 1.82) is 0 Å². The van der Waals surface area contributed by atoms with Crippen LogP contribution in [0.3, 0.4) is 0 Å². The molecule has 168 valence electrons. The molecule has 0 bridgehead atoms. The van der Waals surface area contributed by atoms with Crippen LogP contribution in [0.15, 0.2) is 11.6 Å². The maximum atomic E-state index is 11.8. The topological polar surface area (TPSA) is 43.7 Å². The van der Waals surface area contributed by atoms with Gasteiger partial charge < -0.3 is 10.2 Å². The van der Waals surface area contributed by atoms with Crippen molar-refractivity contribution >= 4 is 0 Å². The summed E-state index contributed by atoms with van der Waals surface area (Å²) in [4.78, 5) is 2.91. The molecule has 2 heterocycles. The minimum Gasteiger partial charge on any atom is -0.393 e. The number of nitrogens with zero attached hydrogens (tertiary/aromatic N) is 1. The highest BCUT2D eigenvalue weighted by molar-refractivity contribution is 5.27. The van der Waals surface area contributed by atoms with E-state index in [-0.39, 0.29) is 23.0 Å². The second kappa shape index (κ2) is 6.58. The van der Waals surface area contributed by atoms with Crippen molar-refractivity contribution in [2.75, 3.05) is 6.54 Å². The molecule has 2 N–H and O–H groups in total. The highest BCUT2D eigenvalue weighted by Gasteiger charge is 2.69. The molecular formula is C27H43NO2. The molecular weight excluding hydrogens is 370 g/mol. The first-order chi connectivity index (χ1) is 14.2. The molecule has 6 rings (SSSR count). The van der Waals surface area contributed by atoms with Crippen molar-refractivity contribution in [3.8, 4) is 0 Å². The summed E-state index contributed by atoms with van der Waals surface area (Å²) in [6.45, 7) is 11.2. The van der Waals surface area contributed by atoms with Crippen LogP contribution in [0, 0.1) is 46.3 Å². The molecule has 0 aromatic carbocycles. The maximum absolute atomic E-state index is 11.8. The van der Waals surface area contributed by atoms with E-state index in [0.717, 1.165) is 49.5 Å². The van der Waals surface area contributed by atoms with Crippen molar-refractivity contribution in [2.45, 2.75) is 103 Å². The van der Waals surface area contributed by atoms with Gasteiger partial charge in [0.25, 0.3) is 0 Å². The molecule has 0 aromatic rings. The molecule has 3 nitrogen and oxygen atoms in total. The summed E-state index contributed by atoms with van der Waals surface area (Å²) in [6.07, 6.45) is 11.4. The number of hydrogen-bond donors (Lipinski definition) is 2. The van der Waals surface area contributed by atoms with Crippen LogP contribution in [0.5, 0.6) is 0 Å². The van der Waals surface area contributed by atoms with Crippen LogP contribution >= 0.6 is 0 Å². The van der Waals surface area contributed by atoms with Crippen LogP contribution in [-0.4, -0.2) is 45.9 Å². The molecule has 6 aliphatic rings. The minimum absolute atomic E-state index is 0.0850. The highest BCUT2D eigenvalue weighted by Crippen LogP contribution is 2.69. The largest absolute Gasteiger partial charge is 0.393 e. The third kappa shape index (κ3) is 2.44. The number of rotatable bonds is 0. The van der Waals surface area contributed by atoms with E-state index in [1.807, 2.05) is 0 Å². The monoisotopic (exact) mass is 413 g/mol. The number of aliphatic hydroxyl groups excluding tert-OH is 2. The Morgan fingerprint density at radius 3 is 2.60 bits per heavy atom. The first kappa shape index (κ1) is 20.2. The van der Waals surface area contributed by atoms with Gasteiger partial charge in [-0.15, -0.1) is 0 Å². The normalized spacial score (nSPS) is 60.1. The summed E-state index contributed by atoms with van der Waals surface area (Å²) in [5.41, 5.74) is 1.80. The van der Waals surface area contributed by atoms with E-state index in [0.29, 0.717) is 23.8 Å². The van der Waals surface area contributed by atoms with Gasteiger partial charge in [0, 0.05) is 24.0 Å². The second-order valence-corrected chi connectivity index (χ2v) is 12.9. The van der Waals surface area contributed by atoms with Crippen molar-refractivity contribution < 1.29 is 10.2 Å². The summed E-state index contributed by atoms with van der Waals surface area (Å²) in [7, 11) is 0. The Balaban J connectivity index is 1.36. The van der Waals surface area contributed by atoms with E-state index in [2.05, 4.69) is 38.7 Å². The summed E-state index contributed by atoms with van der Waals surface area (Å²) >= 11 is 0. The number of aliphatic hydroxyl groups is 2. The third-order valence-electron chi connectivity index (χ3n) is 11.8. The quantitative estimate of drug-likeness (QED) is 0.569. The number of piperidine rings is 1. The maximum Gasteiger partial charge on any atom is 0.0603 e.